The molecule has 2 unspecified atom stereocenters. The number of hydrogen-bond donors (Lipinski definition) is 1. The van der Waals surface area contributed by atoms with E-state index in [2.05, 4.69) is 20.2 Å². The molecule has 2 aliphatic rings. The number of azide groups is 1. The molecule has 2 saturated heterocycles. The van der Waals surface area contributed by atoms with Crippen LogP contribution in [-0.2, 0) is 9.53 Å². The third-order valence-corrected chi connectivity index (χ3v) is 4.08. The van der Waals surface area contributed by atoms with Crippen LogP contribution in [0.5, 0.6) is 0 Å². The van der Waals surface area contributed by atoms with Gasteiger partial charge in [0.15, 0.2) is 0 Å². The molecular weight excluding hydrogens is 246 g/mol. The van der Waals surface area contributed by atoms with E-state index in [1.165, 1.54) is 0 Å². The minimum absolute atomic E-state index is 0.162. The minimum Gasteiger partial charge on any atom is -0.465 e. The Balaban J connectivity index is 2.08. The van der Waals surface area contributed by atoms with Crippen molar-refractivity contribution in [3.63, 3.8) is 0 Å². The van der Waals surface area contributed by atoms with E-state index in [0.717, 1.165) is 32.4 Å². The summed E-state index contributed by atoms with van der Waals surface area (Å²) in [5, 5.41) is 6.81. The molecule has 19 heavy (non-hydrogen) atoms. The van der Waals surface area contributed by atoms with Crippen LogP contribution < -0.4 is 5.32 Å². The second-order valence-electron chi connectivity index (χ2n) is 5.02. The van der Waals surface area contributed by atoms with Gasteiger partial charge in [0.25, 0.3) is 0 Å². The van der Waals surface area contributed by atoms with Gasteiger partial charge >= 0.3 is 5.97 Å². The fourth-order valence-electron chi connectivity index (χ4n) is 3.29. The van der Waals surface area contributed by atoms with Gasteiger partial charge in [-0.25, -0.2) is 4.79 Å². The largest absolute Gasteiger partial charge is 0.465 e. The molecule has 2 fully saturated rings. The van der Waals surface area contributed by atoms with Gasteiger partial charge in [0.2, 0.25) is 0 Å². The molecule has 0 aromatic rings. The van der Waals surface area contributed by atoms with E-state index in [4.69, 9.17) is 10.3 Å². The second-order valence-corrected chi connectivity index (χ2v) is 5.02. The van der Waals surface area contributed by atoms with E-state index >= 15 is 0 Å². The van der Waals surface area contributed by atoms with Crippen LogP contribution in [0.3, 0.4) is 0 Å². The van der Waals surface area contributed by atoms with Crippen molar-refractivity contribution in [3.05, 3.63) is 10.4 Å². The smallest absolute Gasteiger partial charge is 0.328 e. The van der Waals surface area contributed by atoms with Gasteiger partial charge in [0.1, 0.15) is 5.54 Å². The molecule has 2 heterocycles. The number of esters is 1. The van der Waals surface area contributed by atoms with E-state index in [1.807, 2.05) is 6.92 Å². The number of carbonyl (C=O) groups is 1. The molecule has 0 aromatic heterocycles. The van der Waals surface area contributed by atoms with Gasteiger partial charge in [-0.2, -0.15) is 0 Å². The predicted octanol–water partition coefficient (Wildman–Crippen LogP) is 1.06. The molecule has 0 saturated carbocycles. The zero-order chi connectivity index (χ0) is 13.7. The lowest BCUT2D eigenvalue weighted by Gasteiger charge is -2.33. The Labute approximate surface area is 112 Å². The first-order chi connectivity index (χ1) is 9.24. The SMILES string of the molecule is CCOC(=O)C1(NCCN=[N+]=[N-])CCN2CCCC21. The molecule has 2 atom stereocenters. The van der Waals surface area contributed by atoms with Crippen molar-refractivity contribution >= 4 is 5.97 Å². The molecule has 0 aromatic carbocycles. The summed E-state index contributed by atoms with van der Waals surface area (Å²) in [5.74, 6) is -0.162. The summed E-state index contributed by atoms with van der Waals surface area (Å²) in [4.78, 5) is 17.4. The fourth-order valence-corrected chi connectivity index (χ4v) is 3.29. The molecule has 1 N–H and O–H groups in total. The lowest BCUT2D eigenvalue weighted by Crippen LogP contribution is -2.60. The molecule has 2 aliphatic heterocycles. The maximum Gasteiger partial charge on any atom is 0.328 e. The van der Waals surface area contributed by atoms with Gasteiger partial charge in [-0.1, -0.05) is 5.11 Å². The zero-order valence-electron chi connectivity index (χ0n) is 11.3. The minimum atomic E-state index is -0.614. The summed E-state index contributed by atoms with van der Waals surface area (Å²) in [5.41, 5.74) is 7.68. The maximum absolute atomic E-state index is 12.4. The second kappa shape index (κ2) is 6.23. The van der Waals surface area contributed by atoms with E-state index in [1.54, 1.807) is 0 Å². The van der Waals surface area contributed by atoms with Crippen LogP contribution in [0.2, 0.25) is 0 Å². The highest BCUT2D eigenvalue weighted by molar-refractivity contribution is 5.82. The summed E-state index contributed by atoms with van der Waals surface area (Å²) in [6.07, 6.45) is 2.92. The average molecular weight is 267 g/mol. The summed E-state index contributed by atoms with van der Waals surface area (Å²) >= 11 is 0. The molecule has 2 rings (SSSR count). The van der Waals surface area contributed by atoms with Gasteiger partial charge < -0.3 is 10.1 Å². The Kier molecular flexibility index (Phi) is 4.63. The first-order valence-electron chi connectivity index (χ1n) is 6.91. The molecule has 0 spiro atoms. The van der Waals surface area contributed by atoms with Gasteiger partial charge in [-0.3, -0.25) is 4.90 Å². The van der Waals surface area contributed by atoms with Crippen LogP contribution in [0, 0.1) is 0 Å². The predicted molar refractivity (Wildman–Crippen MR) is 70.6 cm³/mol. The number of nitrogens with one attached hydrogen (secondary N) is 1. The van der Waals surface area contributed by atoms with Crippen molar-refractivity contribution in [1.82, 2.24) is 10.2 Å². The lowest BCUT2D eigenvalue weighted by molar-refractivity contribution is -0.152. The number of carbonyl (C=O) groups excluding carboxylic acids is 1. The standard InChI is InChI=1S/C12H21N5O2/c1-2-19-11(18)12(14-6-7-15-16-13)5-9-17-8-3-4-10(12)17/h10,14H,2-9H2,1H3. The highest BCUT2D eigenvalue weighted by Crippen LogP contribution is 2.36. The van der Waals surface area contributed by atoms with Gasteiger partial charge in [-0.15, -0.1) is 0 Å². The van der Waals surface area contributed by atoms with Crippen LogP contribution in [0.25, 0.3) is 10.4 Å². The number of hydrogen-bond acceptors (Lipinski definition) is 5. The van der Waals surface area contributed by atoms with Gasteiger partial charge in [0.05, 0.1) is 6.61 Å². The first kappa shape index (κ1) is 14.1. The van der Waals surface area contributed by atoms with Crippen LogP contribution >= 0.6 is 0 Å². The van der Waals surface area contributed by atoms with Crippen LogP contribution in [0.4, 0.5) is 0 Å². The monoisotopic (exact) mass is 267 g/mol. The van der Waals surface area contributed by atoms with Crippen LogP contribution in [0.1, 0.15) is 26.2 Å². The average Bonchev–Trinajstić information content (AvgIpc) is 2.98. The van der Waals surface area contributed by atoms with Crippen molar-refractivity contribution in [2.45, 2.75) is 37.8 Å². The summed E-state index contributed by atoms with van der Waals surface area (Å²) in [6, 6.07) is 0.220. The summed E-state index contributed by atoms with van der Waals surface area (Å²) < 4.78 is 5.26. The molecular formula is C12H21N5O2. The number of nitrogens with zero attached hydrogens (tertiary/aromatic N) is 4. The summed E-state index contributed by atoms with van der Waals surface area (Å²) in [7, 11) is 0. The summed E-state index contributed by atoms with van der Waals surface area (Å²) in [6.45, 7) is 5.07. The molecule has 7 heteroatoms. The van der Waals surface area contributed by atoms with E-state index < -0.39 is 5.54 Å². The number of ether oxygens (including phenoxy) is 1. The van der Waals surface area contributed by atoms with Gasteiger partial charge in [0, 0.05) is 30.6 Å². The van der Waals surface area contributed by atoms with Crippen molar-refractivity contribution in [2.75, 3.05) is 32.8 Å². The highest BCUT2D eigenvalue weighted by Gasteiger charge is 2.54. The van der Waals surface area contributed by atoms with Crippen molar-refractivity contribution in [3.8, 4) is 0 Å². The number of rotatable bonds is 6. The molecule has 106 valence electrons. The molecule has 7 nitrogen and oxygen atoms in total. The Morgan fingerprint density at radius 2 is 2.47 bits per heavy atom. The Morgan fingerprint density at radius 1 is 1.63 bits per heavy atom. The third-order valence-electron chi connectivity index (χ3n) is 4.08. The lowest BCUT2D eigenvalue weighted by atomic mass is 9.88. The topological polar surface area (TPSA) is 90.3 Å². The highest BCUT2D eigenvalue weighted by atomic mass is 16.5. The van der Waals surface area contributed by atoms with Crippen molar-refractivity contribution in [2.24, 2.45) is 5.11 Å². The quantitative estimate of drug-likeness (QED) is 0.256. The van der Waals surface area contributed by atoms with Gasteiger partial charge in [-0.05, 0) is 38.3 Å². The molecule has 0 bridgehead atoms. The van der Waals surface area contributed by atoms with Crippen molar-refractivity contribution in [1.29, 1.82) is 0 Å². The maximum atomic E-state index is 12.4. The Hall–Kier alpha value is -1.30. The fraction of sp³-hybridized carbons (Fsp3) is 0.917. The van der Waals surface area contributed by atoms with E-state index in [-0.39, 0.29) is 12.0 Å². The molecule has 0 aliphatic carbocycles. The zero-order valence-corrected chi connectivity index (χ0v) is 11.3. The Morgan fingerprint density at radius 3 is 3.21 bits per heavy atom. The van der Waals surface area contributed by atoms with Crippen LogP contribution in [0.15, 0.2) is 5.11 Å². The molecule has 0 radical (unpaired) electrons. The number of fused-ring (bicyclic) bond motifs is 1. The molecule has 0 amide bonds. The first-order valence-corrected chi connectivity index (χ1v) is 6.91. The van der Waals surface area contributed by atoms with Crippen molar-refractivity contribution < 1.29 is 9.53 Å². The normalized spacial score (nSPS) is 29.8. The third kappa shape index (κ3) is 2.68. The Bertz CT molecular complexity index is 382. The van der Waals surface area contributed by atoms with E-state index in [0.29, 0.717) is 19.7 Å². The van der Waals surface area contributed by atoms with Crippen LogP contribution in [-0.4, -0.2) is 55.2 Å². The van der Waals surface area contributed by atoms with E-state index in [9.17, 15) is 4.79 Å².